The summed E-state index contributed by atoms with van der Waals surface area (Å²) in [6.45, 7) is 0.908. The number of alkyl halides is 3. The highest BCUT2D eigenvalue weighted by atomic mass is 19.4. The molecule has 0 atom stereocenters. The third-order valence-electron chi connectivity index (χ3n) is 5.73. The summed E-state index contributed by atoms with van der Waals surface area (Å²) in [4.78, 5) is 24.9. The van der Waals surface area contributed by atoms with E-state index in [2.05, 4.69) is 0 Å². The second kappa shape index (κ2) is 11.2. The van der Waals surface area contributed by atoms with Crippen LogP contribution in [0.15, 0.2) is 72.8 Å². The number of aliphatic carboxylic acids is 1. The van der Waals surface area contributed by atoms with Crippen molar-refractivity contribution < 1.29 is 42.1 Å². The Hall–Kier alpha value is -4.21. The fourth-order valence-electron chi connectivity index (χ4n) is 3.80. The number of carbonyl (C=O) groups is 2. The number of likely N-dealkylation sites (tertiary alicyclic amines) is 1. The number of carboxylic acid groups (broad SMARTS) is 1. The van der Waals surface area contributed by atoms with Crippen LogP contribution in [0.3, 0.4) is 0 Å². The number of carbonyl (C=O) groups excluding carboxylic acids is 1. The molecule has 10 heteroatoms. The van der Waals surface area contributed by atoms with Crippen LogP contribution in [0.5, 0.6) is 23.0 Å². The van der Waals surface area contributed by atoms with Crippen LogP contribution < -0.4 is 14.2 Å². The van der Waals surface area contributed by atoms with Crippen molar-refractivity contribution in [2.24, 2.45) is 0 Å². The lowest BCUT2D eigenvalue weighted by atomic mass is 10.1. The molecule has 0 unspecified atom stereocenters. The number of piperidine rings is 1. The molecule has 1 heterocycles. The molecule has 194 valence electrons. The molecule has 0 bridgehead atoms. The van der Waals surface area contributed by atoms with Gasteiger partial charge in [0.15, 0.2) is 0 Å². The van der Waals surface area contributed by atoms with Crippen LogP contribution in [0.4, 0.5) is 18.0 Å². The van der Waals surface area contributed by atoms with Gasteiger partial charge in [-0.05, 0) is 66.2 Å². The fraction of sp³-hybridized carbons (Fsp3) is 0.259. The maximum absolute atomic E-state index is 12.7. The van der Waals surface area contributed by atoms with Crippen molar-refractivity contribution in [3.8, 4) is 23.0 Å². The molecule has 1 amide bonds. The number of hydrogen-bond acceptors (Lipinski definition) is 5. The number of hydrogen-bond donors (Lipinski definition) is 1. The molecule has 0 saturated carbocycles. The highest BCUT2D eigenvalue weighted by Gasteiger charge is 2.30. The number of ether oxygens (including phenoxy) is 3. The Balaban J connectivity index is 1.22. The lowest BCUT2D eigenvalue weighted by Gasteiger charge is -2.31. The summed E-state index contributed by atoms with van der Waals surface area (Å²) in [5.41, 5.74) is -0.0686. The van der Waals surface area contributed by atoms with Gasteiger partial charge < -0.3 is 24.2 Å². The SMILES string of the molecule is O=C(O)Cc1ccc(OC2CCN(C(=O)Oc3ccc(Oc4ccc(C(F)(F)F)cc4)cc3)CC2)cc1. The number of amides is 1. The van der Waals surface area contributed by atoms with Crippen molar-refractivity contribution in [1.29, 1.82) is 0 Å². The maximum Gasteiger partial charge on any atom is 0.416 e. The number of rotatable bonds is 7. The summed E-state index contributed by atoms with van der Waals surface area (Å²) in [7, 11) is 0. The average Bonchev–Trinajstić information content (AvgIpc) is 2.86. The molecule has 1 aliphatic rings. The first-order valence-electron chi connectivity index (χ1n) is 11.5. The Morgan fingerprint density at radius 1 is 0.811 bits per heavy atom. The van der Waals surface area contributed by atoms with Crippen molar-refractivity contribution in [1.82, 2.24) is 4.90 Å². The van der Waals surface area contributed by atoms with Crippen molar-refractivity contribution in [2.75, 3.05) is 13.1 Å². The lowest BCUT2D eigenvalue weighted by Crippen LogP contribution is -2.43. The molecule has 1 aliphatic heterocycles. The lowest BCUT2D eigenvalue weighted by molar-refractivity contribution is -0.138. The smallest absolute Gasteiger partial charge is 0.416 e. The predicted molar refractivity (Wildman–Crippen MR) is 127 cm³/mol. The van der Waals surface area contributed by atoms with Crippen molar-refractivity contribution >= 4 is 12.1 Å². The summed E-state index contributed by atoms with van der Waals surface area (Å²) >= 11 is 0. The Morgan fingerprint density at radius 2 is 1.32 bits per heavy atom. The molecule has 0 spiro atoms. The number of nitrogens with zero attached hydrogens (tertiary/aromatic N) is 1. The second-order valence-corrected chi connectivity index (χ2v) is 8.48. The van der Waals surface area contributed by atoms with E-state index in [0.29, 0.717) is 48.7 Å². The van der Waals surface area contributed by atoms with E-state index in [1.54, 1.807) is 53.4 Å². The minimum atomic E-state index is -4.41. The van der Waals surface area contributed by atoms with Gasteiger partial charge in [-0.25, -0.2) is 4.79 Å². The van der Waals surface area contributed by atoms with E-state index in [9.17, 15) is 22.8 Å². The van der Waals surface area contributed by atoms with E-state index in [4.69, 9.17) is 19.3 Å². The topological polar surface area (TPSA) is 85.3 Å². The Bertz CT molecular complexity index is 1200. The Morgan fingerprint density at radius 3 is 1.86 bits per heavy atom. The third-order valence-corrected chi connectivity index (χ3v) is 5.73. The van der Waals surface area contributed by atoms with Crippen LogP contribution >= 0.6 is 0 Å². The van der Waals surface area contributed by atoms with E-state index in [1.807, 2.05) is 0 Å². The zero-order valence-corrected chi connectivity index (χ0v) is 19.6. The molecule has 0 radical (unpaired) electrons. The molecular weight excluding hydrogens is 491 g/mol. The highest BCUT2D eigenvalue weighted by molar-refractivity contribution is 5.71. The highest BCUT2D eigenvalue weighted by Crippen LogP contribution is 2.32. The quantitative estimate of drug-likeness (QED) is 0.405. The summed E-state index contributed by atoms with van der Waals surface area (Å²) in [5, 5.41) is 8.85. The molecular formula is C27H24F3NO6. The Kier molecular flexibility index (Phi) is 7.86. The summed E-state index contributed by atoms with van der Waals surface area (Å²) < 4.78 is 55.0. The van der Waals surface area contributed by atoms with Crippen LogP contribution in [-0.4, -0.2) is 41.3 Å². The zero-order chi connectivity index (χ0) is 26.4. The normalized spacial score (nSPS) is 14.2. The van der Waals surface area contributed by atoms with Crippen LogP contribution in [0, 0.1) is 0 Å². The van der Waals surface area contributed by atoms with Crippen molar-refractivity contribution in [3.05, 3.63) is 83.9 Å². The first-order valence-corrected chi connectivity index (χ1v) is 11.5. The van der Waals surface area contributed by atoms with E-state index in [0.717, 1.165) is 12.1 Å². The summed E-state index contributed by atoms with van der Waals surface area (Å²) in [5.74, 6) is 0.696. The zero-order valence-electron chi connectivity index (χ0n) is 19.6. The van der Waals surface area contributed by atoms with Gasteiger partial charge in [0.05, 0.1) is 12.0 Å². The Labute approximate surface area is 211 Å². The first-order chi connectivity index (χ1) is 17.7. The van der Waals surface area contributed by atoms with Gasteiger partial charge in [0.25, 0.3) is 0 Å². The molecule has 4 rings (SSSR count). The maximum atomic E-state index is 12.7. The van der Waals surface area contributed by atoms with Gasteiger partial charge in [0.1, 0.15) is 29.1 Å². The van der Waals surface area contributed by atoms with Gasteiger partial charge >= 0.3 is 18.2 Å². The standard InChI is InChI=1S/C27H24F3NO6/c28-27(29,30)19-3-7-21(8-4-19)35-22-9-11-23(12-10-22)37-26(34)31-15-13-24(14-16-31)36-20-5-1-18(2-6-20)17-25(32)33/h1-12,24H,13-17H2,(H,32,33). The van der Waals surface area contributed by atoms with Gasteiger partial charge in [0, 0.05) is 25.9 Å². The molecule has 1 fully saturated rings. The molecule has 7 nitrogen and oxygen atoms in total. The van der Waals surface area contributed by atoms with Crippen LogP contribution in [-0.2, 0) is 17.4 Å². The molecule has 1 N–H and O–H groups in total. The number of halogens is 3. The van der Waals surface area contributed by atoms with Crippen molar-refractivity contribution in [3.63, 3.8) is 0 Å². The van der Waals surface area contributed by atoms with Crippen molar-refractivity contribution in [2.45, 2.75) is 31.5 Å². The van der Waals surface area contributed by atoms with Crippen LogP contribution in [0.25, 0.3) is 0 Å². The monoisotopic (exact) mass is 515 g/mol. The van der Waals surface area contributed by atoms with Gasteiger partial charge in [-0.2, -0.15) is 13.2 Å². The third kappa shape index (κ3) is 7.39. The molecule has 1 saturated heterocycles. The average molecular weight is 515 g/mol. The molecule has 3 aromatic rings. The summed E-state index contributed by atoms with van der Waals surface area (Å²) in [6.07, 6.45) is -3.79. The number of benzene rings is 3. The predicted octanol–water partition coefficient (Wildman–Crippen LogP) is 6.17. The van der Waals surface area contributed by atoms with E-state index in [1.165, 1.54) is 12.1 Å². The van der Waals surface area contributed by atoms with E-state index >= 15 is 0 Å². The van der Waals surface area contributed by atoms with Gasteiger partial charge in [-0.3, -0.25) is 4.79 Å². The molecule has 0 aromatic heterocycles. The van der Waals surface area contributed by atoms with Gasteiger partial charge in [0.2, 0.25) is 0 Å². The molecule has 0 aliphatic carbocycles. The second-order valence-electron chi connectivity index (χ2n) is 8.48. The van der Waals surface area contributed by atoms with Gasteiger partial charge in [-0.1, -0.05) is 12.1 Å². The van der Waals surface area contributed by atoms with Gasteiger partial charge in [-0.15, -0.1) is 0 Å². The van der Waals surface area contributed by atoms with E-state index < -0.39 is 23.8 Å². The molecule has 37 heavy (non-hydrogen) atoms. The first kappa shape index (κ1) is 25.9. The van der Waals surface area contributed by atoms with E-state index in [-0.39, 0.29) is 18.3 Å². The molecule has 3 aromatic carbocycles. The van der Waals surface area contributed by atoms with Crippen LogP contribution in [0.2, 0.25) is 0 Å². The summed E-state index contributed by atoms with van der Waals surface area (Å²) in [6, 6.07) is 17.5. The van der Waals surface area contributed by atoms with Crippen LogP contribution in [0.1, 0.15) is 24.0 Å². The minimum Gasteiger partial charge on any atom is -0.490 e. The number of carboxylic acids is 1. The minimum absolute atomic E-state index is 0.0459. The fourth-order valence-corrected chi connectivity index (χ4v) is 3.80. The largest absolute Gasteiger partial charge is 0.490 e.